The number of aliphatic hydroxyl groups excluding tert-OH is 2. The van der Waals surface area contributed by atoms with Crippen LogP contribution in [0.2, 0.25) is 0 Å². The predicted octanol–water partition coefficient (Wildman–Crippen LogP) is 3.39. The molecular formula is C20H23NO2. The summed E-state index contributed by atoms with van der Waals surface area (Å²) in [6.07, 6.45) is -0.629. The molecule has 0 aliphatic carbocycles. The second-order valence-electron chi connectivity index (χ2n) is 6.67. The molecule has 3 aromatic carbocycles. The number of rotatable bonds is 5. The maximum absolute atomic E-state index is 10.7. The highest BCUT2D eigenvalue weighted by atomic mass is 16.3. The summed E-state index contributed by atoms with van der Waals surface area (Å²) in [6.45, 7) is 4.25. The van der Waals surface area contributed by atoms with Crippen LogP contribution in [0.25, 0.3) is 21.5 Å². The summed E-state index contributed by atoms with van der Waals surface area (Å²) in [5, 5.41) is 27.8. The van der Waals surface area contributed by atoms with Crippen molar-refractivity contribution in [3.63, 3.8) is 0 Å². The van der Waals surface area contributed by atoms with Gasteiger partial charge in [-0.2, -0.15) is 0 Å². The average Bonchev–Trinajstić information content (AvgIpc) is 2.59. The van der Waals surface area contributed by atoms with Gasteiger partial charge in [0.05, 0.1) is 12.7 Å². The van der Waals surface area contributed by atoms with Crippen molar-refractivity contribution in [1.29, 1.82) is 0 Å². The molecule has 0 unspecified atom stereocenters. The maximum atomic E-state index is 10.7. The molecular weight excluding hydrogens is 286 g/mol. The lowest BCUT2D eigenvalue weighted by molar-refractivity contribution is 0.137. The number of hydrogen-bond donors (Lipinski definition) is 3. The van der Waals surface area contributed by atoms with Gasteiger partial charge in [-0.1, -0.05) is 48.5 Å². The van der Waals surface area contributed by atoms with Gasteiger partial charge in [-0.25, -0.2) is 0 Å². The van der Waals surface area contributed by atoms with Gasteiger partial charge in [0.15, 0.2) is 0 Å². The number of hydrogen-bond acceptors (Lipinski definition) is 3. The van der Waals surface area contributed by atoms with Crippen LogP contribution in [0.3, 0.4) is 0 Å². The first-order chi connectivity index (χ1) is 11.0. The summed E-state index contributed by atoms with van der Waals surface area (Å²) in [7, 11) is 0. The van der Waals surface area contributed by atoms with Gasteiger partial charge in [0, 0.05) is 12.1 Å². The molecule has 0 aliphatic heterocycles. The van der Waals surface area contributed by atoms with E-state index in [0.29, 0.717) is 6.54 Å². The zero-order valence-electron chi connectivity index (χ0n) is 13.6. The van der Waals surface area contributed by atoms with Gasteiger partial charge in [0.2, 0.25) is 0 Å². The van der Waals surface area contributed by atoms with Crippen LogP contribution in [0.5, 0.6) is 0 Å². The summed E-state index contributed by atoms with van der Waals surface area (Å²) in [5.41, 5.74) is 0.508. The Balaban J connectivity index is 2.05. The molecule has 120 valence electrons. The van der Waals surface area contributed by atoms with Gasteiger partial charge in [-0.15, -0.1) is 0 Å². The molecule has 0 amide bonds. The molecule has 3 N–H and O–H groups in total. The lowest BCUT2D eigenvalue weighted by Crippen LogP contribution is -2.44. The fraction of sp³-hybridized carbons (Fsp3) is 0.300. The Kier molecular flexibility index (Phi) is 4.35. The highest BCUT2D eigenvalue weighted by Crippen LogP contribution is 2.31. The van der Waals surface area contributed by atoms with Crippen molar-refractivity contribution in [1.82, 2.24) is 5.32 Å². The topological polar surface area (TPSA) is 52.5 Å². The van der Waals surface area contributed by atoms with Crippen LogP contribution < -0.4 is 5.32 Å². The van der Waals surface area contributed by atoms with Gasteiger partial charge >= 0.3 is 0 Å². The molecule has 23 heavy (non-hydrogen) atoms. The van der Waals surface area contributed by atoms with Crippen LogP contribution in [0.1, 0.15) is 25.5 Å². The average molecular weight is 309 g/mol. The Labute approximate surface area is 136 Å². The molecule has 0 fully saturated rings. The van der Waals surface area contributed by atoms with Crippen molar-refractivity contribution in [3.05, 3.63) is 60.2 Å². The minimum absolute atomic E-state index is 0.0260. The molecule has 0 aromatic heterocycles. The third-order valence-corrected chi connectivity index (χ3v) is 4.33. The molecule has 0 saturated carbocycles. The minimum Gasteiger partial charge on any atom is -0.394 e. The molecule has 3 rings (SSSR count). The number of aliphatic hydroxyl groups is 2. The van der Waals surface area contributed by atoms with E-state index in [2.05, 4.69) is 35.6 Å². The van der Waals surface area contributed by atoms with Crippen molar-refractivity contribution in [2.75, 3.05) is 13.2 Å². The van der Waals surface area contributed by atoms with E-state index in [9.17, 15) is 10.2 Å². The van der Waals surface area contributed by atoms with Crippen LogP contribution >= 0.6 is 0 Å². The predicted molar refractivity (Wildman–Crippen MR) is 95.6 cm³/mol. The first-order valence-electron chi connectivity index (χ1n) is 7.96. The van der Waals surface area contributed by atoms with Crippen LogP contribution in [0.4, 0.5) is 0 Å². The number of β-amino-alcohol motifs (C(OH)–C–C–N with tert-alkyl or cyclic N) is 1. The highest BCUT2D eigenvalue weighted by Gasteiger charge is 2.19. The first kappa shape index (κ1) is 15.9. The maximum Gasteiger partial charge on any atom is 0.0920 e. The quantitative estimate of drug-likeness (QED) is 0.633. The van der Waals surface area contributed by atoms with E-state index in [1.807, 2.05) is 38.1 Å². The van der Waals surface area contributed by atoms with Crippen molar-refractivity contribution >= 4 is 21.5 Å². The minimum atomic E-state index is -0.629. The van der Waals surface area contributed by atoms with Crippen molar-refractivity contribution < 1.29 is 10.2 Å². The second kappa shape index (κ2) is 6.28. The molecule has 0 radical (unpaired) electrons. The molecule has 3 heteroatoms. The third kappa shape index (κ3) is 3.22. The fourth-order valence-electron chi connectivity index (χ4n) is 2.90. The fourth-order valence-corrected chi connectivity index (χ4v) is 2.90. The van der Waals surface area contributed by atoms with E-state index in [1.54, 1.807) is 0 Å². The number of nitrogens with one attached hydrogen (secondary N) is 1. The molecule has 0 spiro atoms. The monoisotopic (exact) mass is 309 g/mol. The lowest BCUT2D eigenvalue weighted by Gasteiger charge is -2.26. The van der Waals surface area contributed by atoms with E-state index >= 15 is 0 Å². The summed E-state index contributed by atoms with van der Waals surface area (Å²) in [6, 6.07) is 18.5. The third-order valence-electron chi connectivity index (χ3n) is 4.33. The number of fused-ring (bicyclic) bond motifs is 3. The smallest absolute Gasteiger partial charge is 0.0920 e. The van der Waals surface area contributed by atoms with Gasteiger partial charge in [0.25, 0.3) is 0 Å². The van der Waals surface area contributed by atoms with Crippen LogP contribution in [-0.2, 0) is 0 Å². The Bertz CT molecular complexity index is 826. The van der Waals surface area contributed by atoms with Gasteiger partial charge in [-0.05, 0) is 47.0 Å². The standard InChI is InChI=1S/C20H23NO2/c1-20(2,13-22)21-12-19(23)18-11-14-7-3-4-8-15(14)16-9-5-6-10-17(16)18/h3-11,19,21-23H,12-13H2,1-2H3/t19-/m0/s1. The Morgan fingerprint density at radius 3 is 2.26 bits per heavy atom. The van der Waals surface area contributed by atoms with Crippen molar-refractivity contribution in [2.45, 2.75) is 25.5 Å². The molecule has 0 saturated heterocycles. The van der Waals surface area contributed by atoms with Gasteiger partial charge < -0.3 is 15.5 Å². The summed E-state index contributed by atoms with van der Waals surface area (Å²) < 4.78 is 0. The lowest BCUT2D eigenvalue weighted by atomic mass is 9.94. The zero-order valence-corrected chi connectivity index (χ0v) is 13.6. The van der Waals surface area contributed by atoms with Crippen LogP contribution in [-0.4, -0.2) is 28.9 Å². The largest absolute Gasteiger partial charge is 0.394 e. The normalized spacial score (nSPS) is 13.6. The van der Waals surface area contributed by atoms with Gasteiger partial charge in [0.1, 0.15) is 0 Å². The Morgan fingerprint density at radius 2 is 1.57 bits per heavy atom. The molecule has 1 atom stereocenters. The zero-order chi connectivity index (χ0) is 16.4. The van der Waals surface area contributed by atoms with E-state index in [-0.39, 0.29) is 6.61 Å². The second-order valence-corrected chi connectivity index (χ2v) is 6.67. The Morgan fingerprint density at radius 1 is 0.957 bits per heavy atom. The van der Waals surface area contributed by atoms with E-state index < -0.39 is 11.6 Å². The first-order valence-corrected chi connectivity index (χ1v) is 7.96. The summed E-state index contributed by atoms with van der Waals surface area (Å²) in [5.74, 6) is 0. The highest BCUT2D eigenvalue weighted by molar-refractivity contribution is 6.09. The van der Waals surface area contributed by atoms with Gasteiger partial charge in [-0.3, -0.25) is 0 Å². The molecule has 0 aliphatic rings. The van der Waals surface area contributed by atoms with Crippen molar-refractivity contribution in [3.8, 4) is 0 Å². The van der Waals surface area contributed by atoms with Crippen molar-refractivity contribution in [2.24, 2.45) is 0 Å². The van der Waals surface area contributed by atoms with E-state index in [0.717, 1.165) is 21.7 Å². The molecule has 0 heterocycles. The molecule has 3 nitrogen and oxygen atoms in total. The van der Waals surface area contributed by atoms with E-state index in [4.69, 9.17) is 0 Å². The van der Waals surface area contributed by atoms with Crippen LogP contribution in [0, 0.1) is 0 Å². The molecule has 3 aromatic rings. The van der Waals surface area contributed by atoms with Crippen LogP contribution in [0.15, 0.2) is 54.6 Å². The number of benzene rings is 3. The summed E-state index contributed by atoms with van der Waals surface area (Å²) in [4.78, 5) is 0. The Hall–Kier alpha value is -1.94. The SMILES string of the molecule is CC(C)(CO)NC[C@H](O)c1cc2ccccc2c2ccccc12. The molecule has 0 bridgehead atoms. The van der Waals surface area contributed by atoms with E-state index in [1.165, 1.54) is 5.39 Å². The summed E-state index contributed by atoms with van der Waals surface area (Å²) >= 11 is 0.